The molecule has 26 heavy (non-hydrogen) atoms. The summed E-state index contributed by atoms with van der Waals surface area (Å²) in [6, 6.07) is 14.1. The van der Waals surface area contributed by atoms with Gasteiger partial charge in [0.1, 0.15) is 11.4 Å². The van der Waals surface area contributed by atoms with Crippen molar-refractivity contribution in [3.05, 3.63) is 65.7 Å². The molecule has 3 N–H and O–H groups in total. The van der Waals surface area contributed by atoms with Crippen molar-refractivity contribution in [2.24, 2.45) is 5.73 Å². The minimum Gasteiger partial charge on any atom is -0.451 e. The predicted octanol–water partition coefficient (Wildman–Crippen LogP) is 4.33. The zero-order valence-electron chi connectivity index (χ0n) is 14.3. The number of nitrogens with one attached hydrogen (secondary N) is 1. The van der Waals surface area contributed by atoms with E-state index in [0.29, 0.717) is 35.1 Å². The molecule has 0 aliphatic rings. The number of rotatable bonds is 8. The first-order valence-electron chi connectivity index (χ1n) is 8.56. The number of fused-ring (bicyclic) bond motifs is 1. The second-order valence-electron chi connectivity index (χ2n) is 5.88. The Morgan fingerprint density at radius 3 is 2.69 bits per heavy atom. The molecule has 1 amide bonds. The highest BCUT2D eigenvalue weighted by atomic mass is 32.2. The number of para-hydroxylation sites is 1. The zero-order valence-corrected chi connectivity index (χ0v) is 15.2. The minimum absolute atomic E-state index is 0.248. The van der Waals surface area contributed by atoms with Crippen LogP contribution >= 0.6 is 11.8 Å². The van der Waals surface area contributed by atoms with Crippen LogP contribution in [0.2, 0.25) is 0 Å². The van der Waals surface area contributed by atoms with Crippen molar-refractivity contribution in [3.8, 4) is 0 Å². The molecule has 0 bridgehead atoms. The van der Waals surface area contributed by atoms with E-state index in [1.807, 2.05) is 24.3 Å². The Balaban J connectivity index is 1.82. The molecule has 1 heterocycles. The van der Waals surface area contributed by atoms with Crippen molar-refractivity contribution in [3.63, 3.8) is 0 Å². The maximum absolute atomic E-state index is 13.9. The van der Waals surface area contributed by atoms with Crippen molar-refractivity contribution in [2.45, 2.75) is 23.5 Å². The average Bonchev–Trinajstić information content (AvgIpc) is 3.03. The molecule has 0 fully saturated rings. The number of hydrogen-bond donors (Lipinski definition) is 2. The quantitative estimate of drug-likeness (QED) is 0.456. The largest absolute Gasteiger partial charge is 0.451 e. The van der Waals surface area contributed by atoms with Crippen LogP contribution in [0, 0.1) is 5.82 Å². The van der Waals surface area contributed by atoms with Crippen molar-refractivity contribution < 1.29 is 13.6 Å². The number of thioether (sulfide) groups is 1. The highest BCUT2D eigenvalue weighted by Gasteiger charge is 2.20. The van der Waals surface area contributed by atoms with Gasteiger partial charge in [-0.2, -0.15) is 0 Å². The first kappa shape index (κ1) is 18.5. The summed E-state index contributed by atoms with van der Waals surface area (Å²) in [4.78, 5) is 13.1. The number of amides is 1. The Labute approximate surface area is 155 Å². The smallest absolute Gasteiger partial charge is 0.287 e. The Hall–Kier alpha value is -2.31. The highest BCUT2D eigenvalue weighted by molar-refractivity contribution is 7.98. The van der Waals surface area contributed by atoms with Gasteiger partial charge in [0.25, 0.3) is 5.91 Å². The molecule has 6 heteroatoms. The lowest BCUT2D eigenvalue weighted by Crippen LogP contribution is -2.25. The fraction of sp³-hybridized carbons (Fsp3) is 0.250. The molecular formula is C20H21FN2O2S. The van der Waals surface area contributed by atoms with E-state index < -0.39 is 0 Å². The van der Waals surface area contributed by atoms with Gasteiger partial charge in [0, 0.05) is 28.1 Å². The number of carbonyl (C=O) groups excluding carboxylic acids is 1. The summed E-state index contributed by atoms with van der Waals surface area (Å²) in [6.07, 6.45) is 1.68. The van der Waals surface area contributed by atoms with E-state index in [1.54, 1.807) is 18.2 Å². The topological polar surface area (TPSA) is 68.3 Å². The summed E-state index contributed by atoms with van der Waals surface area (Å²) >= 11 is 1.35. The molecule has 1 aromatic heterocycles. The number of nitrogens with two attached hydrogens (primary N) is 1. The minimum atomic E-state index is -0.266. The van der Waals surface area contributed by atoms with E-state index in [9.17, 15) is 9.18 Å². The number of carbonyl (C=O) groups is 1. The first-order chi connectivity index (χ1) is 12.7. The Morgan fingerprint density at radius 1 is 1.12 bits per heavy atom. The molecule has 0 saturated heterocycles. The summed E-state index contributed by atoms with van der Waals surface area (Å²) in [5, 5.41) is 3.75. The summed E-state index contributed by atoms with van der Waals surface area (Å²) in [5.41, 5.74) is 6.91. The summed E-state index contributed by atoms with van der Waals surface area (Å²) in [7, 11) is 0. The molecule has 0 aliphatic heterocycles. The van der Waals surface area contributed by atoms with Crippen LogP contribution in [0.25, 0.3) is 11.0 Å². The molecule has 0 saturated carbocycles. The highest BCUT2D eigenvalue weighted by Crippen LogP contribution is 2.32. The van der Waals surface area contributed by atoms with E-state index >= 15 is 0 Å². The van der Waals surface area contributed by atoms with Crippen LogP contribution in [0.3, 0.4) is 0 Å². The third kappa shape index (κ3) is 4.26. The molecular weight excluding hydrogens is 351 g/mol. The molecule has 136 valence electrons. The second-order valence-corrected chi connectivity index (χ2v) is 6.89. The fourth-order valence-corrected chi connectivity index (χ4v) is 3.66. The van der Waals surface area contributed by atoms with E-state index in [-0.39, 0.29) is 11.7 Å². The predicted molar refractivity (Wildman–Crippen MR) is 103 cm³/mol. The van der Waals surface area contributed by atoms with Crippen LogP contribution < -0.4 is 11.1 Å². The Bertz CT molecular complexity index is 894. The van der Waals surface area contributed by atoms with Crippen LogP contribution in [0.5, 0.6) is 0 Å². The van der Waals surface area contributed by atoms with Crippen molar-refractivity contribution in [1.82, 2.24) is 5.32 Å². The summed E-state index contributed by atoms with van der Waals surface area (Å²) in [6.45, 7) is 1.15. The monoisotopic (exact) mass is 372 g/mol. The number of furan rings is 1. The van der Waals surface area contributed by atoms with Gasteiger partial charge in [-0.15, -0.1) is 11.8 Å². The molecule has 0 spiro atoms. The number of benzene rings is 2. The summed E-state index contributed by atoms with van der Waals surface area (Å²) in [5.74, 6) is 0.229. The molecule has 2 aromatic carbocycles. The molecule has 0 radical (unpaired) electrons. The van der Waals surface area contributed by atoms with Crippen LogP contribution in [-0.4, -0.2) is 19.0 Å². The van der Waals surface area contributed by atoms with Crippen molar-refractivity contribution in [1.29, 1.82) is 0 Å². The molecule has 0 atom stereocenters. The van der Waals surface area contributed by atoms with Gasteiger partial charge in [0.05, 0.1) is 0 Å². The first-order valence-corrected chi connectivity index (χ1v) is 9.55. The van der Waals surface area contributed by atoms with Crippen molar-refractivity contribution in [2.75, 3.05) is 13.1 Å². The number of unbranched alkanes of at least 4 members (excludes halogenated alkanes) is 1. The van der Waals surface area contributed by atoms with Crippen LogP contribution in [0.4, 0.5) is 4.39 Å². The van der Waals surface area contributed by atoms with Gasteiger partial charge < -0.3 is 15.5 Å². The van der Waals surface area contributed by atoms with Crippen LogP contribution in [0.1, 0.15) is 29.0 Å². The normalized spacial score (nSPS) is 11.0. The van der Waals surface area contributed by atoms with Gasteiger partial charge in [-0.3, -0.25) is 4.79 Å². The maximum Gasteiger partial charge on any atom is 0.287 e. The average molecular weight is 372 g/mol. The van der Waals surface area contributed by atoms with E-state index in [1.165, 1.54) is 17.8 Å². The van der Waals surface area contributed by atoms with Crippen LogP contribution in [0.15, 0.2) is 57.8 Å². The lowest BCUT2D eigenvalue weighted by Gasteiger charge is -2.06. The van der Waals surface area contributed by atoms with Crippen molar-refractivity contribution >= 4 is 28.6 Å². The summed E-state index contributed by atoms with van der Waals surface area (Å²) < 4.78 is 19.7. The second kappa shape index (κ2) is 8.87. The fourth-order valence-electron chi connectivity index (χ4n) is 2.69. The van der Waals surface area contributed by atoms with Crippen LogP contribution in [-0.2, 0) is 5.75 Å². The third-order valence-corrected chi connectivity index (χ3v) is 5.10. The molecule has 3 rings (SSSR count). The lowest BCUT2D eigenvalue weighted by atomic mass is 10.1. The molecule has 0 aliphatic carbocycles. The Morgan fingerprint density at radius 2 is 1.88 bits per heavy atom. The molecule has 3 aromatic rings. The van der Waals surface area contributed by atoms with E-state index in [0.717, 1.165) is 23.8 Å². The SMILES string of the molecule is NCCCCNC(=O)c1oc2ccccc2c1CSc1ccccc1F. The number of hydrogen-bond acceptors (Lipinski definition) is 4. The van der Waals surface area contributed by atoms with Gasteiger partial charge in [-0.05, 0) is 37.6 Å². The molecule has 4 nitrogen and oxygen atoms in total. The maximum atomic E-state index is 13.9. The Kier molecular flexibility index (Phi) is 6.30. The van der Waals surface area contributed by atoms with E-state index in [4.69, 9.17) is 10.2 Å². The van der Waals surface area contributed by atoms with Gasteiger partial charge in [-0.1, -0.05) is 30.3 Å². The lowest BCUT2D eigenvalue weighted by molar-refractivity contribution is 0.0926. The molecule has 0 unspecified atom stereocenters. The van der Waals surface area contributed by atoms with Gasteiger partial charge >= 0.3 is 0 Å². The standard InChI is InChI=1S/C20H21FN2O2S/c21-16-8-2-4-10-18(16)26-13-15-14-7-1-3-9-17(14)25-19(15)20(24)23-12-6-5-11-22/h1-4,7-10H,5-6,11-13,22H2,(H,23,24). The third-order valence-electron chi connectivity index (χ3n) is 4.03. The number of halogens is 1. The zero-order chi connectivity index (χ0) is 18.4. The van der Waals surface area contributed by atoms with Gasteiger partial charge in [-0.25, -0.2) is 4.39 Å². The van der Waals surface area contributed by atoms with Gasteiger partial charge in [0.2, 0.25) is 0 Å². The van der Waals surface area contributed by atoms with E-state index in [2.05, 4.69) is 5.32 Å². The van der Waals surface area contributed by atoms with Gasteiger partial charge in [0.15, 0.2) is 5.76 Å².